The summed E-state index contributed by atoms with van der Waals surface area (Å²) in [7, 11) is 0. The summed E-state index contributed by atoms with van der Waals surface area (Å²) < 4.78 is 4.69. The van der Waals surface area contributed by atoms with Crippen LogP contribution in [0.15, 0.2) is 12.1 Å². The standard InChI is InChI=1S/C9H13N3O2/c1-3-14-9(13)10-6-8-5-4-7(2)11-12-8/h4-5H,3,6H2,1-2H3,(H,10,13). The molecule has 0 fully saturated rings. The molecule has 1 amide bonds. The molecule has 0 aliphatic carbocycles. The van der Waals surface area contributed by atoms with Gasteiger partial charge in [-0.15, -0.1) is 0 Å². The summed E-state index contributed by atoms with van der Waals surface area (Å²) in [6.45, 7) is 4.32. The fraction of sp³-hybridized carbons (Fsp3) is 0.444. The Balaban J connectivity index is 2.38. The topological polar surface area (TPSA) is 64.1 Å². The van der Waals surface area contributed by atoms with Crippen LogP contribution in [0.1, 0.15) is 18.3 Å². The SMILES string of the molecule is CCOC(=O)NCc1ccc(C)nn1. The number of ether oxygens (including phenoxy) is 1. The van der Waals surface area contributed by atoms with Crippen LogP contribution in [0.4, 0.5) is 4.79 Å². The van der Waals surface area contributed by atoms with Crippen molar-refractivity contribution in [2.45, 2.75) is 20.4 Å². The molecular weight excluding hydrogens is 182 g/mol. The van der Waals surface area contributed by atoms with E-state index in [9.17, 15) is 4.79 Å². The van der Waals surface area contributed by atoms with E-state index in [4.69, 9.17) is 0 Å². The maximum atomic E-state index is 10.9. The molecule has 0 atom stereocenters. The zero-order chi connectivity index (χ0) is 10.4. The van der Waals surface area contributed by atoms with Crippen LogP contribution in [0.25, 0.3) is 0 Å². The molecule has 1 N–H and O–H groups in total. The average Bonchev–Trinajstić information content (AvgIpc) is 2.17. The van der Waals surface area contributed by atoms with Crippen LogP contribution in [-0.4, -0.2) is 22.9 Å². The molecule has 0 spiro atoms. The molecule has 0 aliphatic heterocycles. The summed E-state index contributed by atoms with van der Waals surface area (Å²) >= 11 is 0. The van der Waals surface area contributed by atoms with E-state index in [1.807, 2.05) is 19.1 Å². The number of rotatable bonds is 3. The molecule has 5 nitrogen and oxygen atoms in total. The molecule has 14 heavy (non-hydrogen) atoms. The minimum atomic E-state index is -0.435. The first-order valence-electron chi connectivity index (χ1n) is 4.42. The van der Waals surface area contributed by atoms with Crippen LogP contribution >= 0.6 is 0 Å². The molecule has 0 radical (unpaired) electrons. The minimum absolute atomic E-state index is 0.339. The Bertz CT molecular complexity index is 297. The highest BCUT2D eigenvalue weighted by atomic mass is 16.5. The van der Waals surface area contributed by atoms with Gasteiger partial charge in [0.2, 0.25) is 0 Å². The van der Waals surface area contributed by atoms with E-state index in [2.05, 4.69) is 20.3 Å². The van der Waals surface area contributed by atoms with Crippen molar-refractivity contribution in [3.63, 3.8) is 0 Å². The molecule has 0 saturated heterocycles. The number of nitrogens with zero attached hydrogens (tertiary/aromatic N) is 2. The number of carbonyl (C=O) groups excluding carboxylic acids is 1. The smallest absolute Gasteiger partial charge is 0.407 e. The Labute approximate surface area is 82.5 Å². The van der Waals surface area contributed by atoms with Crippen molar-refractivity contribution in [3.8, 4) is 0 Å². The molecule has 0 aliphatic rings. The lowest BCUT2D eigenvalue weighted by molar-refractivity contribution is 0.151. The highest BCUT2D eigenvalue weighted by molar-refractivity contribution is 5.66. The summed E-state index contributed by atoms with van der Waals surface area (Å²) in [5.41, 5.74) is 1.56. The number of alkyl carbamates (subject to hydrolysis) is 1. The lowest BCUT2D eigenvalue weighted by Crippen LogP contribution is -2.24. The van der Waals surface area contributed by atoms with Crippen LogP contribution in [0.2, 0.25) is 0 Å². The number of aromatic nitrogens is 2. The molecule has 5 heteroatoms. The maximum Gasteiger partial charge on any atom is 0.407 e. The van der Waals surface area contributed by atoms with E-state index in [0.29, 0.717) is 18.8 Å². The van der Waals surface area contributed by atoms with E-state index >= 15 is 0 Å². The third kappa shape index (κ3) is 3.38. The highest BCUT2D eigenvalue weighted by Gasteiger charge is 2.00. The number of hydrogen-bond acceptors (Lipinski definition) is 4. The first-order chi connectivity index (χ1) is 6.72. The Morgan fingerprint density at radius 2 is 2.29 bits per heavy atom. The largest absolute Gasteiger partial charge is 0.450 e. The molecule has 0 aromatic carbocycles. The Morgan fingerprint density at radius 3 is 2.86 bits per heavy atom. The lowest BCUT2D eigenvalue weighted by Gasteiger charge is -2.03. The van der Waals surface area contributed by atoms with Crippen LogP contribution in [0.3, 0.4) is 0 Å². The molecule has 0 bridgehead atoms. The molecule has 0 saturated carbocycles. The summed E-state index contributed by atoms with van der Waals surface area (Å²) in [5.74, 6) is 0. The van der Waals surface area contributed by atoms with E-state index in [-0.39, 0.29) is 0 Å². The normalized spacial score (nSPS) is 9.57. The van der Waals surface area contributed by atoms with Crippen molar-refractivity contribution in [1.29, 1.82) is 0 Å². The average molecular weight is 195 g/mol. The molecule has 76 valence electrons. The van der Waals surface area contributed by atoms with E-state index in [1.54, 1.807) is 6.92 Å². The fourth-order valence-corrected chi connectivity index (χ4v) is 0.866. The second-order valence-electron chi connectivity index (χ2n) is 2.74. The van der Waals surface area contributed by atoms with Gasteiger partial charge < -0.3 is 10.1 Å². The number of carbonyl (C=O) groups is 1. The van der Waals surface area contributed by atoms with Crippen LogP contribution in [-0.2, 0) is 11.3 Å². The van der Waals surface area contributed by atoms with Crippen molar-refractivity contribution in [3.05, 3.63) is 23.5 Å². The van der Waals surface area contributed by atoms with Gasteiger partial charge in [0.25, 0.3) is 0 Å². The Morgan fingerprint density at radius 1 is 1.50 bits per heavy atom. The predicted molar refractivity (Wildman–Crippen MR) is 50.6 cm³/mol. The lowest BCUT2D eigenvalue weighted by atomic mass is 10.3. The first-order valence-corrected chi connectivity index (χ1v) is 4.42. The monoisotopic (exact) mass is 195 g/mol. The van der Waals surface area contributed by atoms with Gasteiger partial charge in [0.05, 0.1) is 24.5 Å². The number of nitrogens with one attached hydrogen (secondary N) is 1. The van der Waals surface area contributed by atoms with Gasteiger partial charge in [-0.3, -0.25) is 0 Å². The highest BCUT2D eigenvalue weighted by Crippen LogP contribution is 1.94. The summed E-state index contributed by atoms with van der Waals surface area (Å²) in [6, 6.07) is 3.66. The van der Waals surface area contributed by atoms with Crippen molar-refractivity contribution >= 4 is 6.09 Å². The molecule has 1 aromatic heterocycles. The third-order valence-corrected chi connectivity index (χ3v) is 1.54. The minimum Gasteiger partial charge on any atom is -0.450 e. The summed E-state index contributed by atoms with van der Waals surface area (Å²) in [5, 5.41) is 10.3. The number of hydrogen-bond donors (Lipinski definition) is 1. The molecular formula is C9H13N3O2. The number of aryl methyl sites for hydroxylation is 1. The first kappa shape index (κ1) is 10.4. The van der Waals surface area contributed by atoms with Gasteiger partial charge in [-0.1, -0.05) is 0 Å². The second-order valence-corrected chi connectivity index (χ2v) is 2.74. The van der Waals surface area contributed by atoms with Crippen LogP contribution < -0.4 is 5.32 Å². The van der Waals surface area contributed by atoms with E-state index in [0.717, 1.165) is 5.69 Å². The van der Waals surface area contributed by atoms with E-state index in [1.165, 1.54) is 0 Å². The van der Waals surface area contributed by atoms with Gasteiger partial charge in [0.1, 0.15) is 0 Å². The van der Waals surface area contributed by atoms with Gasteiger partial charge in [-0.2, -0.15) is 10.2 Å². The van der Waals surface area contributed by atoms with Crippen molar-refractivity contribution in [1.82, 2.24) is 15.5 Å². The molecule has 1 heterocycles. The predicted octanol–water partition coefficient (Wildman–Crippen LogP) is 1.03. The van der Waals surface area contributed by atoms with Crippen molar-refractivity contribution in [2.75, 3.05) is 6.61 Å². The van der Waals surface area contributed by atoms with Crippen LogP contribution in [0.5, 0.6) is 0 Å². The van der Waals surface area contributed by atoms with Crippen molar-refractivity contribution in [2.24, 2.45) is 0 Å². The van der Waals surface area contributed by atoms with Gasteiger partial charge in [0, 0.05) is 0 Å². The van der Waals surface area contributed by atoms with Gasteiger partial charge in [-0.25, -0.2) is 4.79 Å². The number of amides is 1. The quantitative estimate of drug-likeness (QED) is 0.782. The maximum absolute atomic E-state index is 10.9. The fourth-order valence-electron chi connectivity index (χ4n) is 0.866. The molecule has 0 unspecified atom stereocenters. The van der Waals surface area contributed by atoms with Crippen LogP contribution in [0, 0.1) is 6.92 Å². The van der Waals surface area contributed by atoms with Crippen molar-refractivity contribution < 1.29 is 9.53 Å². The zero-order valence-electron chi connectivity index (χ0n) is 8.28. The van der Waals surface area contributed by atoms with Gasteiger partial charge >= 0.3 is 6.09 Å². The molecule has 1 aromatic rings. The second kappa shape index (κ2) is 5.16. The zero-order valence-corrected chi connectivity index (χ0v) is 8.28. The van der Waals surface area contributed by atoms with E-state index < -0.39 is 6.09 Å². The molecule has 1 rings (SSSR count). The van der Waals surface area contributed by atoms with Gasteiger partial charge in [0.15, 0.2) is 0 Å². The summed E-state index contributed by atoms with van der Waals surface area (Å²) in [6.07, 6.45) is -0.435. The summed E-state index contributed by atoms with van der Waals surface area (Å²) in [4.78, 5) is 10.9. The third-order valence-electron chi connectivity index (χ3n) is 1.54. The van der Waals surface area contributed by atoms with Gasteiger partial charge in [-0.05, 0) is 26.0 Å². The Kier molecular flexibility index (Phi) is 3.84. The Hall–Kier alpha value is -1.65.